The van der Waals surface area contributed by atoms with Gasteiger partial charge in [0.2, 0.25) is 10.8 Å². The summed E-state index contributed by atoms with van der Waals surface area (Å²) in [5.74, 6) is -3.61. The molecule has 1 heterocycles. The van der Waals surface area contributed by atoms with Crippen molar-refractivity contribution in [3.05, 3.63) is 71.0 Å². The average molecular weight is 457 g/mol. The van der Waals surface area contributed by atoms with E-state index >= 15 is 0 Å². The second kappa shape index (κ2) is 8.06. The minimum Gasteiger partial charge on any atom is -0.393 e. The van der Waals surface area contributed by atoms with E-state index in [2.05, 4.69) is 0 Å². The first-order chi connectivity index (χ1) is 14.4. The van der Waals surface area contributed by atoms with Gasteiger partial charge in [-0.25, -0.2) is 4.39 Å². The summed E-state index contributed by atoms with van der Waals surface area (Å²) in [5, 5.41) is 62.5. The van der Waals surface area contributed by atoms with Crippen molar-refractivity contribution in [1.29, 1.82) is 0 Å². The topological polar surface area (TPSA) is 131 Å². The van der Waals surface area contributed by atoms with Crippen LogP contribution in [0.25, 0.3) is 0 Å². The van der Waals surface area contributed by atoms with Gasteiger partial charge in [-0.1, -0.05) is 54.1 Å². The summed E-state index contributed by atoms with van der Waals surface area (Å²) in [4.78, 5) is 0. The molecule has 170 valence electrons. The molecule has 0 spiro atoms. The maximum Gasteiger partial charge on any atom is 0.227 e. The Labute approximate surface area is 183 Å². The van der Waals surface area contributed by atoms with Gasteiger partial charge in [0.25, 0.3) is 0 Å². The zero-order valence-electron chi connectivity index (χ0n) is 17.0. The lowest BCUT2D eigenvalue weighted by Crippen LogP contribution is -2.82. The number of ether oxygens (including phenoxy) is 1. The minimum absolute atomic E-state index is 0.102. The van der Waals surface area contributed by atoms with Crippen LogP contribution in [0.2, 0.25) is 0 Å². The molecule has 0 aromatic heterocycles. The standard InChI is InChI=1S/C22H26ClFO7/c1-13-8-9-15(17(24)10-13)11-20(28)21(23,29)18(27)19(12-25,14(2)26)31-22(20,30)16-6-4-3-5-7-16/h3-10,14,18,25-30H,11-12H2,1-2H3/t14-,18+,19+,20+,21-,22+/m0/s1. The van der Waals surface area contributed by atoms with E-state index in [1.807, 2.05) is 0 Å². The Morgan fingerprint density at radius 2 is 1.74 bits per heavy atom. The van der Waals surface area contributed by atoms with E-state index in [-0.39, 0.29) is 11.1 Å². The number of aryl methyl sites for hydroxylation is 1. The van der Waals surface area contributed by atoms with Crippen LogP contribution in [0.15, 0.2) is 48.5 Å². The summed E-state index contributed by atoms with van der Waals surface area (Å²) in [7, 11) is 0. The normalized spacial score (nSPS) is 36.9. The van der Waals surface area contributed by atoms with Crippen LogP contribution in [0.3, 0.4) is 0 Å². The smallest absolute Gasteiger partial charge is 0.227 e. The molecule has 1 aliphatic heterocycles. The first-order valence-corrected chi connectivity index (χ1v) is 10.1. The molecule has 2 aromatic rings. The average Bonchev–Trinajstić information content (AvgIpc) is 2.72. The molecule has 1 aliphatic rings. The van der Waals surface area contributed by atoms with E-state index < -0.39 is 53.1 Å². The second-order valence-corrected chi connectivity index (χ2v) is 8.69. The molecule has 6 atom stereocenters. The van der Waals surface area contributed by atoms with Crippen LogP contribution in [-0.4, -0.2) is 65.7 Å². The number of hydrogen-bond acceptors (Lipinski definition) is 7. The van der Waals surface area contributed by atoms with Gasteiger partial charge in [-0.05, 0) is 31.0 Å². The molecule has 9 heteroatoms. The minimum atomic E-state index is -3.09. The lowest BCUT2D eigenvalue weighted by Gasteiger charge is -2.61. The molecule has 31 heavy (non-hydrogen) atoms. The second-order valence-electron chi connectivity index (χ2n) is 8.11. The Kier molecular flexibility index (Phi) is 6.25. The molecular weight excluding hydrogens is 431 g/mol. The van der Waals surface area contributed by atoms with E-state index in [0.29, 0.717) is 5.56 Å². The van der Waals surface area contributed by atoms with Gasteiger partial charge in [0.1, 0.15) is 11.9 Å². The molecule has 0 aliphatic carbocycles. The number of hydrogen-bond donors (Lipinski definition) is 6. The van der Waals surface area contributed by atoms with Gasteiger partial charge in [0.05, 0.1) is 12.7 Å². The monoisotopic (exact) mass is 456 g/mol. The molecule has 0 unspecified atom stereocenters. The molecule has 0 amide bonds. The molecule has 3 rings (SSSR count). The largest absolute Gasteiger partial charge is 0.393 e. The van der Waals surface area contributed by atoms with E-state index in [1.165, 1.54) is 36.4 Å². The highest BCUT2D eigenvalue weighted by Crippen LogP contribution is 2.55. The van der Waals surface area contributed by atoms with Gasteiger partial charge >= 0.3 is 0 Å². The molecule has 0 radical (unpaired) electrons. The zero-order valence-corrected chi connectivity index (χ0v) is 17.8. The highest BCUT2D eigenvalue weighted by atomic mass is 35.5. The van der Waals surface area contributed by atoms with Crippen LogP contribution >= 0.6 is 11.6 Å². The molecule has 0 saturated carbocycles. The highest BCUT2D eigenvalue weighted by molar-refractivity contribution is 6.24. The Morgan fingerprint density at radius 3 is 2.26 bits per heavy atom. The summed E-state index contributed by atoms with van der Waals surface area (Å²) in [6, 6.07) is 11.4. The Bertz CT molecular complexity index is 941. The van der Waals surface area contributed by atoms with Gasteiger partial charge in [-0.2, -0.15) is 0 Å². The quantitative estimate of drug-likeness (QED) is 0.365. The van der Waals surface area contributed by atoms with E-state index in [1.54, 1.807) is 19.1 Å². The zero-order chi connectivity index (χ0) is 23.2. The maximum atomic E-state index is 14.6. The summed E-state index contributed by atoms with van der Waals surface area (Å²) in [6.07, 6.45) is -4.70. The third kappa shape index (κ3) is 3.48. The maximum absolute atomic E-state index is 14.6. The van der Waals surface area contributed by atoms with Crippen LogP contribution in [0.5, 0.6) is 0 Å². The number of halogens is 2. The van der Waals surface area contributed by atoms with Crippen LogP contribution in [0.4, 0.5) is 4.39 Å². The lowest BCUT2D eigenvalue weighted by molar-refractivity contribution is -0.444. The third-order valence-corrected chi connectivity index (χ3v) is 6.60. The number of alkyl halides is 1. The predicted octanol–water partition coefficient (Wildman–Crippen LogP) is 0.683. The summed E-state index contributed by atoms with van der Waals surface area (Å²) in [6.45, 7) is 1.75. The molecule has 1 saturated heterocycles. The predicted molar refractivity (Wildman–Crippen MR) is 110 cm³/mol. The molecule has 2 aromatic carbocycles. The summed E-state index contributed by atoms with van der Waals surface area (Å²) >= 11 is 6.28. The van der Waals surface area contributed by atoms with Crippen molar-refractivity contribution in [1.82, 2.24) is 0 Å². The SMILES string of the molecule is Cc1ccc(C[C@]2(O)[C@@](O)(c3ccccc3)O[C@](CO)([C@H](C)O)[C@@H](O)[C@@]2(O)Cl)c(F)c1. The van der Waals surface area contributed by atoms with E-state index in [9.17, 15) is 35.0 Å². The van der Waals surface area contributed by atoms with Crippen LogP contribution in [0, 0.1) is 12.7 Å². The van der Waals surface area contributed by atoms with Gasteiger partial charge in [0, 0.05) is 12.0 Å². The van der Waals surface area contributed by atoms with Crippen LogP contribution in [0.1, 0.15) is 23.6 Å². The van der Waals surface area contributed by atoms with Gasteiger partial charge in [-0.15, -0.1) is 0 Å². The van der Waals surface area contributed by atoms with Crippen LogP contribution < -0.4 is 0 Å². The fourth-order valence-corrected chi connectivity index (χ4v) is 4.42. The van der Waals surface area contributed by atoms with E-state index in [0.717, 1.165) is 6.92 Å². The first kappa shape index (κ1) is 24.0. The molecule has 7 nitrogen and oxygen atoms in total. The molecule has 1 fully saturated rings. The van der Waals surface area contributed by atoms with Crippen molar-refractivity contribution in [2.75, 3.05) is 6.61 Å². The number of rotatable bonds is 5. The third-order valence-electron chi connectivity index (χ3n) is 6.08. The number of aliphatic hydroxyl groups excluding tert-OH is 3. The van der Waals surface area contributed by atoms with Crippen molar-refractivity contribution >= 4 is 11.6 Å². The Hall–Kier alpha value is -1.62. The van der Waals surface area contributed by atoms with Crippen LogP contribution in [-0.2, 0) is 16.9 Å². The highest BCUT2D eigenvalue weighted by Gasteiger charge is 2.76. The van der Waals surface area contributed by atoms with Crippen molar-refractivity contribution in [2.24, 2.45) is 0 Å². The fraction of sp³-hybridized carbons (Fsp3) is 0.455. The van der Waals surface area contributed by atoms with Gasteiger partial charge in [-0.3, -0.25) is 0 Å². The molecular formula is C22H26ClFO7. The molecule has 6 N–H and O–H groups in total. The van der Waals surface area contributed by atoms with Crippen molar-refractivity contribution in [2.45, 2.75) is 54.5 Å². The number of aliphatic hydroxyl groups is 6. The van der Waals surface area contributed by atoms with E-state index in [4.69, 9.17) is 16.3 Å². The summed E-state index contributed by atoms with van der Waals surface area (Å²) in [5.41, 5.74) is -4.92. The lowest BCUT2D eigenvalue weighted by atomic mass is 9.68. The summed E-state index contributed by atoms with van der Waals surface area (Å²) < 4.78 is 20.3. The molecule has 0 bridgehead atoms. The first-order valence-electron chi connectivity index (χ1n) is 9.69. The van der Waals surface area contributed by atoms with Crippen molar-refractivity contribution < 1.29 is 39.8 Å². The number of benzene rings is 2. The fourth-order valence-electron chi connectivity index (χ4n) is 4.04. The Morgan fingerprint density at radius 1 is 1.13 bits per heavy atom. The van der Waals surface area contributed by atoms with Crippen molar-refractivity contribution in [3.63, 3.8) is 0 Å². The van der Waals surface area contributed by atoms with Crippen molar-refractivity contribution in [3.8, 4) is 0 Å². The Balaban J connectivity index is 2.27. The van der Waals surface area contributed by atoms with Gasteiger partial charge < -0.3 is 35.4 Å². The van der Waals surface area contributed by atoms with Gasteiger partial charge in [0.15, 0.2) is 11.2 Å².